The van der Waals surface area contributed by atoms with Gasteiger partial charge in [0.1, 0.15) is 0 Å². The summed E-state index contributed by atoms with van der Waals surface area (Å²) in [6, 6.07) is 8.23. The second kappa shape index (κ2) is 4.52. The Balaban J connectivity index is 1.96. The van der Waals surface area contributed by atoms with Gasteiger partial charge in [-0.15, -0.1) is 0 Å². The van der Waals surface area contributed by atoms with Gasteiger partial charge >= 0.3 is 0 Å². The molecule has 0 bridgehead atoms. The first kappa shape index (κ1) is 12.2. The summed E-state index contributed by atoms with van der Waals surface area (Å²) < 4.78 is 0. The molecule has 0 aliphatic carbocycles. The second-order valence-corrected chi connectivity index (χ2v) is 5.89. The Labute approximate surface area is 104 Å². The van der Waals surface area contributed by atoms with Crippen molar-refractivity contribution in [3.63, 3.8) is 0 Å². The van der Waals surface area contributed by atoms with Crippen molar-refractivity contribution in [2.24, 2.45) is 5.41 Å². The molecule has 1 aromatic rings. The zero-order valence-electron chi connectivity index (χ0n) is 11.0. The molecule has 0 N–H and O–H groups in total. The SMILES string of the molecule is Cc1ccc(CC(=O)N2CCC(C)(C)C2)cc1. The van der Waals surface area contributed by atoms with E-state index in [1.165, 1.54) is 5.56 Å². The smallest absolute Gasteiger partial charge is 0.227 e. The Morgan fingerprint density at radius 1 is 1.29 bits per heavy atom. The Morgan fingerprint density at radius 3 is 2.47 bits per heavy atom. The van der Waals surface area contributed by atoms with Crippen LogP contribution in [-0.2, 0) is 11.2 Å². The summed E-state index contributed by atoms with van der Waals surface area (Å²) in [5.41, 5.74) is 2.65. The quantitative estimate of drug-likeness (QED) is 0.766. The first-order valence-corrected chi connectivity index (χ1v) is 6.30. The number of hydrogen-bond acceptors (Lipinski definition) is 1. The number of aryl methyl sites for hydroxylation is 1. The maximum Gasteiger partial charge on any atom is 0.227 e. The minimum Gasteiger partial charge on any atom is -0.342 e. The molecule has 0 saturated carbocycles. The van der Waals surface area contributed by atoms with Crippen molar-refractivity contribution >= 4 is 5.91 Å². The molecule has 1 aliphatic rings. The molecule has 2 rings (SSSR count). The number of benzene rings is 1. The summed E-state index contributed by atoms with van der Waals surface area (Å²) in [6.07, 6.45) is 1.66. The highest BCUT2D eigenvalue weighted by Gasteiger charge is 2.31. The predicted octanol–water partition coefficient (Wildman–Crippen LogP) is 2.80. The van der Waals surface area contributed by atoms with Crippen LogP contribution in [0.1, 0.15) is 31.4 Å². The number of carbonyl (C=O) groups excluding carboxylic acids is 1. The van der Waals surface area contributed by atoms with Gasteiger partial charge in [0, 0.05) is 13.1 Å². The maximum atomic E-state index is 12.1. The number of carbonyl (C=O) groups is 1. The summed E-state index contributed by atoms with van der Waals surface area (Å²) in [6.45, 7) is 8.34. The van der Waals surface area contributed by atoms with Gasteiger partial charge in [0.15, 0.2) is 0 Å². The van der Waals surface area contributed by atoms with Crippen LogP contribution >= 0.6 is 0 Å². The van der Waals surface area contributed by atoms with E-state index in [0.717, 1.165) is 25.1 Å². The normalized spacial score (nSPS) is 18.4. The number of nitrogens with zero attached hydrogens (tertiary/aromatic N) is 1. The van der Waals surface area contributed by atoms with Crippen molar-refractivity contribution in [3.05, 3.63) is 35.4 Å². The number of hydrogen-bond donors (Lipinski definition) is 0. The molecular formula is C15H21NO. The van der Waals surface area contributed by atoms with Gasteiger partial charge in [-0.2, -0.15) is 0 Å². The first-order chi connectivity index (χ1) is 7.96. The fraction of sp³-hybridized carbons (Fsp3) is 0.533. The third kappa shape index (κ3) is 3.09. The molecule has 17 heavy (non-hydrogen) atoms. The van der Waals surface area contributed by atoms with Gasteiger partial charge in [0.25, 0.3) is 0 Å². The highest BCUT2D eigenvalue weighted by molar-refractivity contribution is 5.79. The van der Waals surface area contributed by atoms with E-state index in [2.05, 4.69) is 45.0 Å². The lowest BCUT2D eigenvalue weighted by atomic mass is 9.93. The molecule has 0 spiro atoms. The molecule has 2 nitrogen and oxygen atoms in total. The number of amides is 1. The van der Waals surface area contributed by atoms with E-state index >= 15 is 0 Å². The van der Waals surface area contributed by atoms with E-state index in [9.17, 15) is 4.79 Å². The fourth-order valence-corrected chi connectivity index (χ4v) is 2.32. The van der Waals surface area contributed by atoms with Gasteiger partial charge < -0.3 is 4.90 Å². The summed E-state index contributed by atoms with van der Waals surface area (Å²) in [7, 11) is 0. The first-order valence-electron chi connectivity index (χ1n) is 6.30. The largest absolute Gasteiger partial charge is 0.342 e. The monoisotopic (exact) mass is 231 g/mol. The van der Waals surface area contributed by atoms with Crippen molar-refractivity contribution in [2.45, 2.75) is 33.6 Å². The average Bonchev–Trinajstić information content (AvgIpc) is 2.62. The molecule has 1 aromatic carbocycles. The highest BCUT2D eigenvalue weighted by atomic mass is 16.2. The molecular weight excluding hydrogens is 210 g/mol. The zero-order valence-corrected chi connectivity index (χ0v) is 11.0. The average molecular weight is 231 g/mol. The highest BCUT2D eigenvalue weighted by Crippen LogP contribution is 2.29. The van der Waals surface area contributed by atoms with E-state index in [4.69, 9.17) is 0 Å². The number of likely N-dealkylation sites (tertiary alicyclic amines) is 1. The lowest BCUT2D eigenvalue weighted by Crippen LogP contribution is -2.31. The van der Waals surface area contributed by atoms with Crippen LogP contribution in [0, 0.1) is 12.3 Å². The van der Waals surface area contributed by atoms with Crippen LogP contribution in [0.15, 0.2) is 24.3 Å². The van der Waals surface area contributed by atoms with Crippen molar-refractivity contribution in [2.75, 3.05) is 13.1 Å². The minimum atomic E-state index is 0.263. The van der Waals surface area contributed by atoms with Crippen molar-refractivity contribution < 1.29 is 4.79 Å². The maximum absolute atomic E-state index is 12.1. The summed E-state index contributed by atoms with van der Waals surface area (Å²) >= 11 is 0. The molecule has 0 atom stereocenters. The van der Waals surface area contributed by atoms with Crippen molar-refractivity contribution in [3.8, 4) is 0 Å². The van der Waals surface area contributed by atoms with Gasteiger partial charge in [-0.3, -0.25) is 4.79 Å². The van der Waals surface area contributed by atoms with Gasteiger partial charge in [-0.1, -0.05) is 43.7 Å². The zero-order chi connectivity index (χ0) is 12.5. The fourth-order valence-electron chi connectivity index (χ4n) is 2.32. The second-order valence-electron chi connectivity index (χ2n) is 5.89. The molecule has 0 unspecified atom stereocenters. The van der Waals surface area contributed by atoms with E-state index in [1.807, 2.05) is 4.90 Å². The lowest BCUT2D eigenvalue weighted by molar-refractivity contribution is -0.129. The molecule has 1 aliphatic heterocycles. The third-order valence-corrected chi connectivity index (χ3v) is 3.51. The Kier molecular flexibility index (Phi) is 3.23. The Hall–Kier alpha value is -1.31. The lowest BCUT2D eigenvalue weighted by Gasteiger charge is -2.19. The molecule has 92 valence electrons. The molecule has 2 heteroatoms. The van der Waals surface area contributed by atoms with Gasteiger partial charge in [0.05, 0.1) is 6.42 Å². The molecule has 1 saturated heterocycles. The van der Waals surface area contributed by atoms with Crippen LogP contribution in [0.5, 0.6) is 0 Å². The standard InChI is InChI=1S/C15H21NO/c1-12-4-6-13(7-5-12)10-14(17)16-9-8-15(2,3)11-16/h4-7H,8-11H2,1-3H3. The molecule has 0 radical (unpaired) electrons. The van der Waals surface area contributed by atoms with Crippen LogP contribution < -0.4 is 0 Å². The molecule has 1 amide bonds. The van der Waals surface area contributed by atoms with Gasteiger partial charge in [-0.05, 0) is 24.3 Å². The van der Waals surface area contributed by atoms with Crippen LogP contribution in [0.2, 0.25) is 0 Å². The molecule has 1 fully saturated rings. The topological polar surface area (TPSA) is 20.3 Å². The Morgan fingerprint density at radius 2 is 1.94 bits per heavy atom. The minimum absolute atomic E-state index is 0.263. The Bertz CT molecular complexity index is 405. The van der Waals surface area contributed by atoms with E-state index in [-0.39, 0.29) is 5.91 Å². The van der Waals surface area contributed by atoms with E-state index in [0.29, 0.717) is 11.8 Å². The van der Waals surface area contributed by atoms with Crippen molar-refractivity contribution in [1.29, 1.82) is 0 Å². The van der Waals surface area contributed by atoms with Crippen LogP contribution in [-0.4, -0.2) is 23.9 Å². The molecule has 0 aromatic heterocycles. The summed E-state index contributed by atoms with van der Waals surface area (Å²) in [5, 5.41) is 0. The molecule has 1 heterocycles. The van der Waals surface area contributed by atoms with Gasteiger partial charge in [0.2, 0.25) is 5.91 Å². The van der Waals surface area contributed by atoms with Crippen LogP contribution in [0.4, 0.5) is 0 Å². The summed E-state index contributed by atoms with van der Waals surface area (Å²) in [4.78, 5) is 14.1. The number of rotatable bonds is 2. The summed E-state index contributed by atoms with van der Waals surface area (Å²) in [5.74, 6) is 0.263. The van der Waals surface area contributed by atoms with Crippen LogP contribution in [0.25, 0.3) is 0 Å². The van der Waals surface area contributed by atoms with Gasteiger partial charge in [-0.25, -0.2) is 0 Å². The van der Waals surface area contributed by atoms with Crippen molar-refractivity contribution in [1.82, 2.24) is 4.90 Å². The van der Waals surface area contributed by atoms with Crippen LogP contribution in [0.3, 0.4) is 0 Å². The van der Waals surface area contributed by atoms with E-state index < -0.39 is 0 Å². The van der Waals surface area contributed by atoms with E-state index in [1.54, 1.807) is 0 Å². The third-order valence-electron chi connectivity index (χ3n) is 3.51. The predicted molar refractivity (Wildman–Crippen MR) is 69.9 cm³/mol.